The number of unbranched alkanes of at least 4 members (excludes halogenated alkanes) is 8. The van der Waals surface area contributed by atoms with Gasteiger partial charge in [0.15, 0.2) is 0 Å². The lowest BCUT2D eigenvalue weighted by molar-refractivity contribution is -0.133. The summed E-state index contributed by atoms with van der Waals surface area (Å²) in [7, 11) is 0. The van der Waals surface area contributed by atoms with Crippen LogP contribution in [0, 0.1) is 0 Å². The molecule has 1 atom stereocenters. The molecular formula is C26H47N3O2. The topological polar surface area (TPSA) is 52.7 Å². The third-order valence-corrected chi connectivity index (χ3v) is 8.02. The van der Waals surface area contributed by atoms with Crippen LogP contribution in [0.3, 0.4) is 0 Å². The quantitative estimate of drug-likeness (QED) is 0.256. The van der Waals surface area contributed by atoms with Crippen LogP contribution in [0.4, 0.5) is 4.79 Å². The van der Waals surface area contributed by atoms with E-state index in [-0.39, 0.29) is 11.9 Å². The number of nitrogens with zero attached hydrogens (tertiary/aromatic N) is 2. The zero-order valence-corrected chi connectivity index (χ0v) is 20.3. The van der Waals surface area contributed by atoms with Crippen molar-refractivity contribution < 1.29 is 9.59 Å². The van der Waals surface area contributed by atoms with Crippen LogP contribution in [0.5, 0.6) is 0 Å². The van der Waals surface area contributed by atoms with Gasteiger partial charge in [0.05, 0.1) is 6.67 Å². The van der Waals surface area contributed by atoms with Gasteiger partial charge in [-0.1, -0.05) is 90.4 Å². The van der Waals surface area contributed by atoms with E-state index in [0.717, 1.165) is 19.3 Å². The second-order valence-corrected chi connectivity index (χ2v) is 10.6. The van der Waals surface area contributed by atoms with Crippen LogP contribution >= 0.6 is 0 Å². The predicted molar refractivity (Wildman–Crippen MR) is 127 cm³/mol. The van der Waals surface area contributed by atoms with Gasteiger partial charge >= 0.3 is 6.03 Å². The summed E-state index contributed by atoms with van der Waals surface area (Å²) in [6.45, 7) is 4.69. The smallest absolute Gasteiger partial charge is 0.323 e. The molecule has 1 N–H and O–H groups in total. The van der Waals surface area contributed by atoms with Crippen LogP contribution in [-0.4, -0.2) is 46.0 Å². The van der Waals surface area contributed by atoms with Crippen molar-refractivity contribution in [2.24, 2.45) is 0 Å². The van der Waals surface area contributed by atoms with E-state index in [4.69, 9.17) is 0 Å². The van der Waals surface area contributed by atoms with Crippen molar-refractivity contribution in [2.75, 3.05) is 6.67 Å². The first-order valence-electron chi connectivity index (χ1n) is 13.4. The molecule has 2 aliphatic carbocycles. The van der Waals surface area contributed by atoms with Crippen molar-refractivity contribution in [3.8, 4) is 0 Å². The van der Waals surface area contributed by atoms with Gasteiger partial charge in [-0.05, 0) is 39.0 Å². The summed E-state index contributed by atoms with van der Waals surface area (Å²) in [5.41, 5.74) is -0.713. The Morgan fingerprint density at radius 1 is 0.839 bits per heavy atom. The number of hydrogen-bond donors (Lipinski definition) is 1. The van der Waals surface area contributed by atoms with E-state index < -0.39 is 5.54 Å². The van der Waals surface area contributed by atoms with Crippen LogP contribution in [0.2, 0.25) is 0 Å². The summed E-state index contributed by atoms with van der Waals surface area (Å²) in [4.78, 5) is 30.1. The van der Waals surface area contributed by atoms with Crippen LogP contribution < -0.4 is 5.32 Å². The van der Waals surface area contributed by atoms with E-state index in [1.165, 1.54) is 101 Å². The van der Waals surface area contributed by atoms with E-state index >= 15 is 0 Å². The number of carbonyl (C=O) groups excluding carboxylic acids is 2. The molecule has 5 nitrogen and oxygen atoms in total. The van der Waals surface area contributed by atoms with Crippen LogP contribution in [0.25, 0.3) is 0 Å². The Bertz CT molecular complexity index is 553. The van der Waals surface area contributed by atoms with Crippen LogP contribution in [-0.2, 0) is 4.79 Å². The lowest BCUT2D eigenvalue weighted by Crippen LogP contribution is -2.50. The Morgan fingerprint density at radius 2 is 1.32 bits per heavy atom. The average molecular weight is 434 g/mol. The van der Waals surface area contributed by atoms with Gasteiger partial charge < -0.3 is 5.32 Å². The molecule has 3 fully saturated rings. The summed E-state index contributed by atoms with van der Waals surface area (Å²) in [6.07, 6.45) is 22.2. The SMILES string of the molecule is CCCCCCCCCCCC1(C)NC(=O)N(CN(C2CCCC2)C2CCCC2)C1=O. The molecule has 178 valence electrons. The zero-order chi connectivity index (χ0) is 22.1. The summed E-state index contributed by atoms with van der Waals surface area (Å²) in [6, 6.07) is 0.921. The molecule has 0 aromatic carbocycles. The molecule has 1 saturated heterocycles. The molecule has 2 saturated carbocycles. The third-order valence-electron chi connectivity index (χ3n) is 8.02. The summed E-state index contributed by atoms with van der Waals surface area (Å²) in [5, 5.41) is 3.05. The van der Waals surface area contributed by atoms with Gasteiger partial charge in [0.25, 0.3) is 5.91 Å². The van der Waals surface area contributed by atoms with Crippen LogP contribution in [0.15, 0.2) is 0 Å². The highest BCUT2D eigenvalue weighted by molar-refractivity contribution is 6.06. The number of urea groups is 1. The standard InChI is InChI=1S/C26H47N3O2/c1-3-4-5-6-7-8-9-10-15-20-26(2)24(30)29(25(31)27-26)21-28(22-16-11-12-17-22)23-18-13-14-19-23/h22-23H,3-21H2,1-2H3,(H,27,31). The van der Waals surface area contributed by atoms with Crippen molar-refractivity contribution in [1.29, 1.82) is 0 Å². The van der Waals surface area contributed by atoms with Crippen molar-refractivity contribution in [2.45, 2.75) is 147 Å². The zero-order valence-electron chi connectivity index (χ0n) is 20.3. The first kappa shape index (κ1) is 24.5. The summed E-state index contributed by atoms with van der Waals surface area (Å²) >= 11 is 0. The summed E-state index contributed by atoms with van der Waals surface area (Å²) in [5.74, 6) is -0.00180. The minimum Gasteiger partial charge on any atom is -0.323 e. The molecule has 3 rings (SSSR count). The molecule has 0 radical (unpaired) electrons. The maximum Gasteiger partial charge on any atom is 0.326 e. The Balaban J connectivity index is 1.45. The Kier molecular flexibility index (Phi) is 9.68. The Labute approximate surface area is 190 Å². The van der Waals surface area contributed by atoms with Gasteiger partial charge in [-0.2, -0.15) is 0 Å². The molecule has 0 spiro atoms. The first-order valence-corrected chi connectivity index (χ1v) is 13.4. The van der Waals surface area contributed by atoms with Crippen molar-refractivity contribution in [3.63, 3.8) is 0 Å². The number of amides is 3. The molecule has 5 heteroatoms. The van der Waals surface area contributed by atoms with Gasteiger partial charge in [0.1, 0.15) is 5.54 Å². The molecule has 0 aromatic rings. The van der Waals surface area contributed by atoms with E-state index in [1.54, 1.807) is 0 Å². The van der Waals surface area contributed by atoms with Gasteiger partial charge in [-0.3, -0.25) is 9.69 Å². The van der Waals surface area contributed by atoms with Crippen molar-refractivity contribution in [1.82, 2.24) is 15.1 Å². The fourth-order valence-electron chi connectivity index (χ4n) is 6.00. The normalized spacial score (nSPS) is 25.3. The minimum atomic E-state index is -0.713. The number of rotatable bonds is 14. The molecule has 1 aliphatic heterocycles. The third kappa shape index (κ3) is 6.69. The minimum absolute atomic E-state index is 0.00180. The summed E-state index contributed by atoms with van der Waals surface area (Å²) < 4.78 is 0. The number of carbonyl (C=O) groups is 2. The Morgan fingerprint density at radius 3 is 1.84 bits per heavy atom. The average Bonchev–Trinajstić information content (AvgIpc) is 3.50. The molecule has 1 unspecified atom stereocenters. The highest BCUT2D eigenvalue weighted by Crippen LogP contribution is 2.33. The lowest BCUT2D eigenvalue weighted by atomic mass is 9.94. The second-order valence-electron chi connectivity index (χ2n) is 10.6. The maximum atomic E-state index is 13.3. The van der Waals surface area contributed by atoms with E-state index in [2.05, 4.69) is 17.1 Å². The lowest BCUT2D eigenvalue weighted by Gasteiger charge is -2.36. The molecular weight excluding hydrogens is 386 g/mol. The fraction of sp³-hybridized carbons (Fsp3) is 0.923. The number of hydrogen-bond acceptors (Lipinski definition) is 3. The van der Waals surface area contributed by atoms with Gasteiger partial charge in [0, 0.05) is 12.1 Å². The second kappa shape index (κ2) is 12.2. The fourth-order valence-corrected chi connectivity index (χ4v) is 6.00. The van der Waals surface area contributed by atoms with E-state index in [0.29, 0.717) is 18.8 Å². The van der Waals surface area contributed by atoms with Gasteiger partial charge in [-0.25, -0.2) is 9.69 Å². The highest BCUT2D eigenvalue weighted by Gasteiger charge is 2.48. The number of nitrogens with one attached hydrogen (secondary N) is 1. The molecule has 0 aromatic heterocycles. The molecule has 3 aliphatic rings. The van der Waals surface area contributed by atoms with Crippen LogP contribution in [0.1, 0.15) is 129 Å². The van der Waals surface area contributed by atoms with Gasteiger partial charge in [-0.15, -0.1) is 0 Å². The Hall–Kier alpha value is -1.10. The molecule has 1 heterocycles. The number of imide groups is 1. The molecule has 0 bridgehead atoms. The van der Waals surface area contributed by atoms with E-state index in [1.807, 2.05) is 6.92 Å². The highest BCUT2D eigenvalue weighted by atomic mass is 16.2. The van der Waals surface area contributed by atoms with E-state index in [9.17, 15) is 9.59 Å². The van der Waals surface area contributed by atoms with Crippen molar-refractivity contribution >= 4 is 11.9 Å². The first-order chi connectivity index (χ1) is 15.0. The maximum absolute atomic E-state index is 13.3. The monoisotopic (exact) mass is 433 g/mol. The predicted octanol–water partition coefficient (Wildman–Crippen LogP) is 6.36. The molecule has 31 heavy (non-hydrogen) atoms. The van der Waals surface area contributed by atoms with Gasteiger partial charge in [0.2, 0.25) is 0 Å². The largest absolute Gasteiger partial charge is 0.326 e. The van der Waals surface area contributed by atoms with Crippen molar-refractivity contribution in [3.05, 3.63) is 0 Å². The molecule has 3 amide bonds.